The summed E-state index contributed by atoms with van der Waals surface area (Å²) in [5, 5.41) is 7.87. The summed E-state index contributed by atoms with van der Waals surface area (Å²) in [6.07, 6.45) is 2.92. The van der Waals surface area contributed by atoms with Crippen LogP contribution in [-0.4, -0.2) is 29.5 Å². The molecule has 114 valence electrons. The number of benzene rings is 1. The molecule has 1 atom stereocenters. The van der Waals surface area contributed by atoms with Crippen LogP contribution in [0.25, 0.3) is 0 Å². The van der Waals surface area contributed by atoms with Crippen LogP contribution in [0.15, 0.2) is 36.4 Å². The third-order valence-corrected chi connectivity index (χ3v) is 3.73. The molecule has 0 radical (unpaired) electrons. The Kier molecular flexibility index (Phi) is 5.81. The summed E-state index contributed by atoms with van der Waals surface area (Å²) in [4.78, 5) is 0. The highest BCUT2D eigenvalue weighted by atomic mass is 16.5. The molecule has 1 aromatic carbocycles. The lowest BCUT2D eigenvalue weighted by Crippen LogP contribution is -2.30. The monoisotopic (exact) mass is 287 g/mol. The van der Waals surface area contributed by atoms with Crippen molar-refractivity contribution in [1.82, 2.24) is 15.1 Å². The molecule has 0 aliphatic heterocycles. The second kappa shape index (κ2) is 7.84. The van der Waals surface area contributed by atoms with Crippen LogP contribution in [0.1, 0.15) is 24.7 Å². The van der Waals surface area contributed by atoms with E-state index in [1.54, 1.807) is 0 Å². The predicted octanol–water partition coefficient (Wildman–Crippen LogP) is 2.58. The highest BCUT2D eigenvalue weighted by Crippen LogP contribution is 2.11. The average molecular weight is 287 g/mol. The number of nitrogens with zero attached hydrogens (tertiary/aromatic N) is 2. The van der Waals surface area contributed by atoms with Gasteiger partial charge in [-0.2, -0.15) is 5.10 Å². The van der Waals surface area contributed by atoms with E-state index in [9.17, 15) is 0 Å². The Bertz CT molecular complexity index is 536. The zero-order valence-electron chi connectivity index (χ0n) is 13.2. The molecule has 0 fully saturated rings. The lowest BCUT2D eigenvalue weighted by molar-refractivity contribution is 0.287. The summed E-state index contributed by atoms with van der Waals surface area (Å²) < 4.78 is 7.76. The molecule has 0 aliphatic carbocycles. The highest BCUT2D eigenvalue weighted by Gasteiger charge is 2.11. The molecular formula is C17H25N3O. The number of nitrogens with one attached hydrogen (secondary N) is 1. The second-order valence-corrected chi connectivity index (χ2v) is 5.24. The Hall–Kier alpha value is -1.81. The molecule has 2 aromatic rings. The molecule has 0 spiro atoms. The van der Waals surface area contributed by atoms with E-state index in [0.29, 0.717) is 12.6 Å². The summed E-state index contributed by atoms with van der Waals surface area (Å²) in [7, 11) is 4.02. The first kappa shape index (κ1) is 15.6. The van der Waals surface area contributed by atoms with Gasteiger partial charge in [-0.3, -0.25) is 4.68 Å². The molecule has 0 aliphatic rings. The number of hydrogen-bond acceptors (Lipinski definition) is 3. The van der Waals surface area contributed by atoms with Crippen molar-refractivity contribution in [3.8, 4) is 5.75 Å². The lowest BCUT2D eigenvalue weighted by atomic mass is 10.1. The first-order valence-corrected chi connectivity index (χ1v) is 7.59. The maximum Gasteiger partial charge on any atom is 0.119 e. The van der Waals surface area contributed by atoms with E-state index < -0.39 is 0 Å². The van der Waals surface area contributed by atoms with Crippen molar-refractivity contribution >= 4 is 0 Å². The SMILES string of the molecule is CCc1cc(CC(CCOc2ccccc2)NC)n(C)n1. The van der Waals surface area contributed by atoms with Crippen molar-refractivity contribution in [2.24, 2.45) is 7.05 Å². The minimum absolute atomic E-state index is 0.397. The fourth-order valence-corrected chi connectivity index (χ4v) is 2.37. The number of ether oxygens (including phenoxy) is 1. The van der Waals surface area contributed by atoms with Gasteiger partial charge in [0.2, 0.25) is 0 Å². The molecule has 1 aromatic heterocycles. The smallest absolute Gasteiger partial charge is 0.119 e. The van der Waals surface area contributed by atoms with E-state index in [2.05, 4.69) is 23.4 Å². The van der Waals surface area contributed by atoms with Gasteiger partial charge in [0.1, 0.15) is 5.75 Å². The molecule has 2 rings (SSSR count). The average Bonchev–Trinajstić information content (AvgIpc) is 2.87. The maximum atomic E-state index is 5.77. The predicted molar refractivity (Wildman–Crippen MR) is 85.7 cm³/mol. The van der Waals surface area contributed by atoms with Crippen molar-refractivity contribution < 1.29 is 4.74 Å². The fourth-order valence-electron chi connectivity index (χ4n) is 2.37. The van der Waals surface area contributed by atoms with Gasteiger partial charge in [-0.1, -0.05) is 25.1 Å². The third kappa shape index (κ3) is 4.60. The zero-order chi connectivity index (χ0) is 15.1. The van der Waals surface area contributed by atoms with Crippen LogP contribution in [0.2, 0.25) is 0 Å². The van der Waals surface area contributed by atoms with E-state index in [-0.39, 0.29) is 0 Å². The van der Waals surface area contributed by atoms with Crippen LogP contribution in [0, 0.1) is 0 Å². The summed E-state index contributed by atoms with van der Waals surface area (Å²) in [5.74, 6) is 0.932. The number of hydrogen-bond donors (Lipinski definition) is 1. The molecule has 1 N–H and O–H groups in total. The fraction of sp³-hybridized carbons (Fsp3) is 0.471. The van der Waals surface area contributed by atoms with Crippen molar-refractivity contribution in [1.29, 1.82) is 0 Å². The topological polar surface area (TPSA) is 39.1 Å². The van der Waals surface area contributed by atoms with Crippen LogP contribution in [0.5, 0.6) is 5.75 Å². The van der Waals surface area contributed by atoms with Crippen molar-refractivity contribution in [3.63, 3.8) is 0 Å². The van der Waals surface area contributed by atoms with Crippen molar-refractivity contribution in [2.45, 2.75) is 32.2 Å². The van der Waals surface area contributed by atoms with Crippen LogP contribution in [-0.2, 0) is 19.9 Å². The first-order valence-electron chi connectivity index (χ1n) is 7.59. The van der Waals surface area contributed by atoms with Gasteiger partial charge in [0.15, 0.2) is 0 Å². The van der Waals surface area contributed by atoms with Crippen molar-refractivity contribution in [2.75, 3.05) is 13.7 Å². The summed E-state index contributed by atoms with van der Waals surface area (Å²) >= 11 is 0. The summed E-state index contributed by atoms with van der Waals surface area (Å²) in [6.45, 7) is 2.85. The zero-order valence-corrected chi connectivity index (χ0v) is 13.2. The van der Waals surface area contributed by atoms with E-state index in [0.717, 1.165) is 30.7 Å². The number of para-hydroxylation sites is 1. The van der Waals surface area contributed by atoms with Crippen LogP contribution >= 0.6 is 0 Å². The summed E-state index contributed by atoms with van der Waals surface area (Å²) in [6, 6.07) is 12.6. The standard InChI is InChI=1S/C17H25N3O/c1-4-14-12-16(20(3)19-14)13-15(18-2)10-11-21-17-8-6-5-7-9-17/h5-9,12,15,18H,4,10-11,13H2,1-3H3. The van der Waals surface area contributed by atoms with E-state index >= 15 is 0 Å². The van der Waals surface area contributed by atoms with Crippen LogP contribution < -0.4 is 10.1 Å². The van der Waals surface area contributed by atoms with Gasteiger partial charge in [-0.15, -0.1) is 0 Å². The van der Waals surface area contributed by atoms with Crippen LogP contribution in [0.3, 0.4) is 0 Å². The van der Waals surface area contributed by atoms with E-state index in [1.807, 2.05) is 49.1 Å². The highest BCUT2D eigenvalue weighted by molar-refractivity contribution is 5.20. The van der Waals surface area contributed by atoms with E-state index in [1.165, 1.54) is 5.69 Å². The Morgan fingerprint density at radius 3 is 2.67 bits per heavy atom. The Morgan fingerprint density at radius 2 is 2.05 bits per heavy atom. The molecule has 0 saturated carbocycles. The first-order chi connectivity index (χ1) is 10.2. The van der Waals surface area contributed by atoms with Gasteiger partial charge in [-0.25, -0.2) is 0 Å². The normalized spacial score (nSPS) is 12.3. The van der Waals surface area contributed by atoms with Crippen molar-refractivity contribution in [3.05, 3.63) is 47.8 Å². The Balaban J connectivity index is 1.84. The molecule has 4 heteroatoms. The third-order valence-electron chi connectivity index (χ3n) is 3.73. The van der Waals surface area contributed by atoms with Gasteiger partial charge in [-0.05, 0) is 38.1 Å². The molecule has 0 saturated heterocycles. The van der Waals surface area contributed by atoms with Crippen LogP contribution in [0.4, 0.5) is 0 Å². The molecule has 0 bridgehead atoms. The Labute approximate surface area is 127 Å². The molecule has 1 unspecified atom stereocenters. The van der Waals surface area contributed by atoms with Gasteiger partial charge in [0, 0.05) is 25.2 Å². The number of aromatic nitrogens is 2. The van der Waals surface area contributed by atoms with Gasteiger partial charge >= 0.3 is 0 Å². The Morgan fingerprint density at radius 1 is 1.29 bits per heavy atom. The van der Waals surface area contributed by atoms with Gasteiger partial charge in [0.25, 0.3) is 0 Å². The minimum Gasteiger partial charge on any atom is -0.494 e. The van der Waals surface area contributed by atoms with E-state index in [4.69, 9.17) is 4.74 Å². The number of aryl methyl sites for hydroxylation is 2. The maximum absolute atomic E-state index is 5.77. The molecule has 21 heavy (non-hydrogen) atoms. The molecule has 1 heterocycles. The largest absolute Gasteiger partial charge is 0.494 e. The number of likely N-dealkylation sites (N-methyl/N-ethyl adjacent to an activating group) is 1. The minimum atomic E-state index is 0.397. The second-order valence-electron chi connectivity index (χ2n) is 5.24. The quantitative estimate of drug-likeness (QED) is 0.811. The lowest BCUT2D eigenvalue weighted by Gasteiger charge is -2.16. The molecule has 0 amide bonds. The van der Waals surface area contributed by atoms with Gasteiger partial charge in [0.05, 0.1) is 12.3 Å². The molecule has 4 nitrogen and oxygen atoms in total. The number of rotatable bonds is 8. The molecular weight excluding hydrogens is 262 g/mol. The summed E-state index contributed by atoms with van der Waals surface area (Å²) in [5.41, 5.74) is 2.42. The van der Waals surface area contributed by atoms with Gasteiger partial charge < -0.3 is 10.1 Å².